The van der Waals surface area contributed by atoms with Crippen LogP contribution in [0.5, 0.6) is 0 Å². The summed E-state index contributed by atoms with van der Waals surface area (Å²) < 4.78 is 13.2. The van der Waals surface area contributed by atoms with Gasteiger partial charge in [-0.2, -0.15) is 0 Å². The number of amides is 2. The second-order valence-corrected chi connectivity index (χ2v) is 9.67. The van der Waals surface area contributed by atoms with Crippen molar-refractivity contribution < 1.29 is 14.0 Å². The third kappa shape index (κ3) is 5.87. The van der Waals surface area contributed by atoms with Gasteiger partial charge in [-0.3, -0.25) is 14.5 Å². The van der Waals surface area contributed by atoms with Crippen LogP contribution in [0.25, 0.3) is 10.6 Å². The number of halogens is 1. The molecule has 1 aliphatic rings. The molecule has 0 aliphatic carbocycles. The van der Waals surface area contributed by atoms with Crippen molar-refractivity contribution in [3.8, 4) is 10.6 Å². The largest absolute Gasteiger partial charge is 0.340 e. The fraction of sp³-hybridized carbons (Fsp3) is 0.346. The second kappa shape index (κ2) is 10.9. The van der Waals surface area contributed by atoms with Gasteiger partial charge in [0.15, 0.2) is 0 Å². The van der Waals surface area contributed by atoms with Gasteiger partial charge in [0.1, 0.15) is 16.9 Å². The van der Waals surface area contributed by atoms with Crippen LogP contribution in [-0.2, 0) is 11.3 Å². The molecule has 1 unspecified atom stereocenters. The Labute approximate surface area is 203 Å². The average Bonchev–Trinajstić information content (AvgIpc) is 3.32. The van der Waals surface area contributed by atoms with Crippen LogP contribution in [0.3, 0.4) is 0 Å². The van der Waals surface area contributed by atoms with E-state index in [9.17, 15) is 14.0 Å². The van der Waals surface area contributed by atoms with Crippen molar-refractivity contribution in [2.75, 3.05) is 26.2 Å². The summed E-state index contributed by atoms with van der Waals surface area (Å²) in [6.07, 6.45) is 0. The maximum absolute atomic E-state index is 13.2. The molecule has 3 aromatic rings. The minimum atomic E-state index is -0.629. The highest BCUT2D eigenvalue weighted by Gasteiger charge is 2.31. The third-order valence-electron chi connectivity index (χ3n) is 5.97. The number of aromatic nitrogens is 1. The monoisotopic (exact) mass is 480 g/mol. The Morgan fingerprint density at radius 3 is 2.35 bits per heavy atom. The number of piperazine rings is 1. The highest BCUT2D eigenvalue weighted by atomic mass is 32.1. The van der Waals surface area contributed by atoms with Crippen molar-refractivity contribution >= 4 is 23.2 Å². The van der Waals surface area contributed by atoms with Crippen LogP contribution in [-0.4, -0.2) is 58.8 Å². The number of carbonyl (C=O) groups excluding carboxylic acids is 2. The molecular formula is C26H29FN4O2S. The number of nitrogens with zero attached hydrogens (tertiary/aromatic N) is 3. The molecule has 1 aliphatic heterocycles. The summed E-state index contributed by atoms with van der Waals surface area (Å²) in [5.74, 6) is -0.922. The number of hydrogen-bond donors (Lipinski definition) is 1. The highest BCUT2D eigenvalue weighted by molar-refractivity contribution is 7.13. The number of thiazole rings is 1. The lowest BCUT2D eigenvalue weighted by molar-refractivity contribution is -0.136. The summed E-state index contributed by atoms with van der Waals surface area (Å²) >= 11 is 1.65. The molecule has 2 heterocycles. The predicted molar refractivity (Wildman–Crippen MR) is 132 cm³/mol. The second-order valence-electron chi connectivity index (χ2n) is 8.81. The van der Waals surface area contributed by atoms with E-state index >= 15 is 0 Å². The standard InChI is InChI=1S/C26H29FN4O2S/c1-18(2)23(29-24(32)19-8-10-21(27)11-9-19)26(33)31-14-12-30(13-15-31)16-22-17-34-25(28-22)20-6-4-3-5-7-20/h3-11,17-18,23H,12-16H2,1-2H3,(H,29,32). The van der Waals surface area contributed by atoms with E-state index < -0.39 is 11.9 Å². The first-order valence-corrected chi connectivity index (χ1v) is 12.4. The van der Waals surface area contributed by atoms with Crippen LogP contribution in [0.15, 0.2) is 60.0 Å². The number of rotatable bonds is 7. The lowest BCUT2D eigenvalue weighted by atomic mass is 10.0. The first-order chi connectivity index (χ1) is 16.4. The zero-order valence-corrected chi connectivity index (χ0v) is 20.2. The van der Waals surface area contributed by atoms with E-state index in [1.165, 1.54) is 24.3 Å². The quantitative estimate of drug-likeness (QED) is 0.554. The third-order valence-corrected chi connectivity index (χ3v) is 6.91. The maximum atomic E-state index is 13.2. The van der Waals surface area contributed by atoms with Gasteiger partial charge >= 0.3 is 0 Å². The van der Waals surface area contributed by atoms with Crippen LogP contribution in [0, 0.1) is 11.7 Å². The Kier molecular flexibility index (Phi) is 7.70. The fourth-order valence-electron chi connectivity index (χ4n) is 3.98. The molecular weight excluding hydrogens is 451 g/mol. The summed E-state index contributed by atoms with van der Waals surface area (Å²) in [4.78, 5) is 34.7. The topological polar surface area (TPSA) is 65.5 Å². The molecule has 0 saturated carbocycles. The summed E-state index contributed by atoms with van der Waals surface area (Å²) in [6, 6.07) is 14.8. The number of benzene rings is 2. The van der Waals surface area contributed by atoms with Crippen LogP contribution in [0.2, 0.25) is 0 Å². The summed E-state index contributed by atoms with van der Waals surface area (Å²) in [7, 11) is 0. The van der Waals surface area contributed by atoms with Crippen molar-refractivity contribution in [3.05, 3.63) is 77.1 Å². The Morgan fingerprint density at radius 2 is 1.71 bits per heavy atom. The SMILES string of the molecule is CC(C)C(NC(=O)c1ccc(F)cc1)C(=O)N1CCN(Cc2csc(-c3ccccc3)n2)CC1. The molecule has 2 aromatic carbocycles. The minimum absolute atomic E-state index is 0.0682. The van der Waals surface area contributed by atoms with E-state index in [1.54, 1.807) is 11.3 Å². The predicted octanol–water partition coefficient (Wildman–Crippen LogP) is 4.05. The van der Waals surface area contributed by atoms with Crippen LogP contribution in [0.1, 0.15) is 29.9 Å². The zero-order valence-electron chi connectivity index (χ0n) is 19.4. The molecule has 0 radical (unpaired) electrons. The van der Waals surface area contributed by atoms with Gasteiger partial charge in [0.05, 0.1) is 5.69 Å². The summed E-state index contributed by atoms with van der Waals surface area (Å²) in [5, 5.41) is 5.96. The van der Waals surface area contributed by atoms with Gasteiger partial charge in [-0.1, -0.05) is 44.2 Å². The number of hydrogen-bond acceptors (Lipinski definition) is 5. The van der Waals surface area contributed by atoms with Gasteiger partial charge in [-0.25, -0.2) is 9.37 Å². The summed E-state index contributed by atoms with van der Waals surface area (Å²) in [6.45, 7) is 7.28. The summed E-state index contributed by atoms with van der Waals surface area (Å²) in [5.41, 5.74) is 2.50. The first-order valence-electron chi connectivity index (χ1n) is 11.5. The zero-order chi connectivity index (χ0) is 24.1. The van der Waals surface area contributed by atoms with Gasteiger partial charge in [0.2, 0.25) is 5.91 Å². The average molecular weight is 481 g/mol. The lowest BCUT2D eigenvalue weighted by Gasteiger charge is -2.37. The Balaban J connectivity index is 1.31. The van der Waals surface area contributed by atoms with E-state index in [2.05, 4.69) is 27.7 Å². The van der Waals surface area contributed by atoms with Crippen molar-refractivity contribution in [1.29, 1.82) is 0 Å². The molecule has 1 fully saturated rings. The maximum Gasteiger partial charge on any atom is 0.251 e. The molecule has 34 heavy (non-hydrogen) atoms. The van der Waals surface area contributed by atoms with Gasteiger partial charge in [0, 0.05) is 49.2 Å². The molecule has 0 spiro atoms. The normalized spacial score (nSPS) is 15.4. The molecule has 1 aromatic heterocycles. The van der Waals surface area contributed by atoms with Gasteiger partial charge in [-0.05, 0) is 30.2 Å². The first kappa shape index (κ1) is 24.0. The Bertz CT molecular complexity index is 1110. The molecule has 8 heteroatoms. The van der Waals surface area contributed by atoms with Crippen molar-refractivity contribution in [3.63, 3.8) is 0 Å². The molecule has 2 amide bonds. The Morgan fingerprint density at radius 1 is 1.03 bits per heavy atom. The van der Waals surface area contributed by atoms with E-state index in [-0.39, 0.29) is 17.7 Å². The van der Waals surface area contributed by atoms with Gasteiger partial charge in [0.25, 0.3) is 5.91 Å². The van der Waals surface area contributed by atoms with E-state index in [1.807, 2.05) is 36.9 Å². The molecule has 6 nitrogen and oxygen atoms in total. The lowest BCUT2D eigenvalue weighted by Crippen LogP contribution is -2.56. The van der Waals surface area contributed by atoms with Crippen LogP contribution in [0.4, 0.5) is 4.39 Å². The molecule has 1 atom stereocenters. The fourth-order valence-corrected chi connectivity index (χ4v) is 4.80. The number of nitrogens with one attached hydrogen (secondary N) is 1. The van der Waals surface area contributed by atoms with E-state index in [0.29, 0.717) is 18.7 Å². The van der Waals surface area contributed by atoms with Crippen LogP contribution >= 0.6 is 11.3 Å². The van der Waals surface area contributed by atoms with E-state index in [4.69, 9.17) is 4.98 Å². The molecule has 178 valence electrons. The van der Waals surface area contributed by atoms with Crippen molar-refractivity contribution in [1.82, 2.24) is 20.1 Å². The van der Waals surface area contributed by atoms with Gasteiger partial charge in [-0.15, -0.1) is 11.3 Å². The molecule has 1 N–H and O–H groups in total. The smallest absolute Gasteiger partial charge is 0.251 e. The van der Waals surface area contributed by atoms with Crippen LogP contribution < -0.4 is 5.32 Å². The number of carbonyl (C=O) groups is 2. The molecule has 4 rings (SSSR count). The molecule has 0 bridgehead atoms. The van der Waals surface area contributed by atoms with Crippen molar-refractivity contribution in [2.24, 2.45) is 5.92 Å². The minimum Gasteiger partial charge on any atom is -0.340 e. The van der Waals surface area contributed by atoms with Gasteiger partial charge < -0.3 is 10.2 Å². The van der Waals surface area contributed by atoms with E-state index in [0.717, 1.165) is 35.9 Å². The highest BCUT2D eigenvalue weighted by Crippen LogP contribution is 2.24. The molecule has 1 saturated heterocycles. The van der Waals surface area contributed by atoms with Crippen molar-refractivity contribution in [2.45, 2.75) is 26.4 Å². The Hall–Kier alpha value is -3.10.